The second-order valence-corrected chi connectivity index (χ2v) is 5.32. The highest BCUT2D eigenvalue weighted by Gasteiger charge is 2.26. The highest BCUT2D eigenvalue weighted by molar-refractivity contribution is 5.42. The number of ether oxygens (including phenoxy) is 1. The summed E-state index contributed by atoms with van der Waals surface area (Å²) >= 11 is 0. The molecule has 18 heavy (non-hydrogen) atoms. The lowest BCUT2D eigenvalue weighted by Gasteiger charge is -2.38. The van der Waals surface area contributed by atoms with Gasteiger partial charge in [-0.3, -0.25) is 4.90 Å². The minimum Gasteiger partial charge on any atom is -0.384 e. The summed E-state index contributed by atoms with van der Waals surface area (Å²) in [5.74, 6) is -0.201. The number of benzene rings is 1. The number of nitrogens with one attached hydrogen (secondary N) is 1. The molecule has 0 aliphatic carbocycles. The normalized spacial score (nSPS) is 19.7. The molecule has 1 saturated heterocycles. The van der Waals surface area contributed by atoms with E-state index in [1.54, 1.807) is 6.07 Å². The summed E-state index contributed by atoms with van der Waals surface area (Å²) in [7, 11) is 0. The van der Waals surface area contributed by atoms with Crippen LogP contribution in [0, 0.1) is 5.82 Å². The lowest BCUT2D eigenvalue weighted by atomic mass is 10.1. The van der Waals surface area contributed by atoms with Crippen LogP contribution in [0.1, 0.15) is 13.8 Å². The summed E-state index contributed by atoms with van der Waals surface area (Å²) < 4.78 is 18.6. The summed E-state index contributed by atoms with van der Waals surface area (Å²) in [6, 6.07) is 6.57. The number of rotatable bonds is 4. The zero-order valence-corrected chi connectivity index (χ0v) is 11.1. The van der Waals surface area contributed by atoms with Gasteiger partial charge >= 0.3 is 0 Å². The lowest BCUT2D eigenvalue weighted by molar-refractivity contribution is -0.0848. The quantitative estimate of drug-likeness (QED) is 0.890. The number of anilines is 1. The van der Waals surface area contributed by atoms with E-state index in [2.05, 4.69) is 24.1 Å². The van der Waals surface area contributed by atoms with E-state index in [0.717, 1.165) is 38.5 Å². The van der Waals surface area contributed by atoms with Crippen LogP contribution in [0.4, 0.5) is 10.1 Å². The molecule has 1 heterocycles. The van der Waals surface area contributed by atoms with Gasteiger partial charge in [0.2, 0.25) is 0 Å². The Morgan fingerprint density at radius 1 is 1.44 bits per heavy atom. The molecule has 1 aromatic carbocycles. The first kappa shape index (κ1) is 13.3. The molecule has 1 N–H and O–H groups in total. The van der Waals surface area contributed by atoms with E-state index in [0.29, 0.717) is 0 Å². The van der Waals surface area contributed by atoms with Gasteiger partial charge in [-0.2, -0.15) is 0 Å². The third kappa shape index (κ3) is 3.96. The van der Waals surface area contributed by atoms with Crippen molar-refractivity contribution in [3.05, 3.63) is 30.1 Å². The van der Waals surface area contributed by atoms with Crippen LogP contribution in [0.3, 0.4) is 0 Å². The van der Waals surface area contributed by atoms with Crippen molar-refractivity contribution >= 4 is 5.69 Å². The van der Waals surface area contributed by atoms with Crippen molar-refractivity contribution in [3.8, 4) is 0 Å². The molecule has 1 aliphatic heterocycles. The number of morpholine rings is 1. The number of hydrogen-bond acceptors (Lipinski definition) is 3. The van der Waals surface area contributed by atoms with Crippen molar-refractivity contribution in [1.29, 1.82) is 0 Å². The van der Waals surface area contributed by atoms with Gasteiger partial charge in [-0.15, -0.1) is 0 Å². The van der Waals surface area contributed by atoms with Gasteiger partial charge in [-0.1, -0.05) is 6.07 Å². The average Bonchev–Trinajstić information content (AvgIpc) is 2.28. The third-order valence-corrected chi connectivity index (χ3v) is 3.09. The molecule has 1 aliphatic rings. The van der Waals surface area contributed by atoms with Gasteiger partial charge in [0.25, 0.3) is 0 Å². The Morgan fingerprint density at radius 2 is 2.28 bits per heavy atom. The molecule has 0 atom stereocenters. The molecule has 0 bridgehead atoms. The Hall–Kier alpha value is -1.13. The Balaban J connectivity index is 1.75. The lowest BCUT2D eigenvalue weighted by Crippen LogP contribution is -2.49. The van der Waals surface area contributed by atoms with Gasteiger partial charge in [0.1, 0.15) is 5.82 Å². The number of hydrogen-bond donors (Lipinski definition) is 1. The monoisotopic (exact) mass is 252 g/mol. The van der Waals surface area contributed by atoms with Crippen molar-refractivity contribution in [2.75, 3.05) is 38.1 Å². The predicted octanol–water partition coefficient (Wildman–Crippen LogP) is 2.35. The first-order valence-electron chi connectivity index (χ1n) is 6.41. The molecular weight excluding hydrogens is 231 g/mol. The van der Waals surface area contributed by atoms with Gasteiger partial charge in [-0.25, -0.2) is 4.39 Å². The van der Waals surface area contributed by atoms with Gasteiger partial charge in [0.15, 0.2) is 0 Å². The van der Waals surface area contributed by atoms with Crippen LogP contribution < -0.4 is 5.32 Å². The van der Waals surface area contributed by atoms with Crippen molar-refractivity contribution in [2.24, 2.45) is 0 Å². The second kappa shape index (κ2) is 5.67. The van der Waals surface area contributed by atoms with Crippen molar-refractivity contribution in [3.63, 3.8) is 0 Å². The summed E-state index contributed by atoms with van der Waals surface area (Å²) in [6.45, 7) is 8.68. The van der Waals surface area contributed by atoms with E-state index < -0.39 is 0 Å². The highest BCUT2D eigenvalue weighted by Crippen LogP contribution is 2.16. The fraction of sp³-hybridized carbons (Fsp3) is 0.571. The largest absolute Gasteiger partial charge is 0.384 e. The maximum absolute atomic E-state index is 13.0. The van der Waals surface area contributed by atoms with E-state index in [9.17, 15) is 4.39 Å². The van der Waals surface area contributed by atoms with Crippen LogP contribution in [0.5, 0.6) is 0 Å². The third-order valence-electron chi connectivity index (χ3n) is 3.09. The molecule has 3 nitrogen and oxygen atoms in total. The minimum atomic E-state index is -0.201. The fourth-order valence-corrected chi connectivity index (χ4v) is 2.26. The zero-order chi connectivity index (χ0) is 13.0. The van der Waals surface area contributed by atoms with Crippen molar-refractivity contribution in [1.82, 2.24) is 4.90 Å². The number of halogens is 1. The van der Waals surface area contributed by atoms with E-state index >= 15 is 0 Å². The van der Waals surface area contributed by atoms with Gasteiger partial charge < -0.3 is 10.1 Å². The molecule has 4 heteroatoms. The Kier molecular flexibility index (Phi) is 4.19. The average molecular weight is 252 g/mol. The summed E-state index contributed by atoms with van der Waals surface area (Å²) in [5.41, 5.74) is 0.777. The molecule has 2 rings (SSSR count). The maximum Gasteiger partial charge on any atom is 0.125 e. The zero-order valence-electron chi connectivity index (χ0n) is 11.1. The highest BCUT2D eigenvalue weighted by atomic mass is 19.1. The van der Waals surface area contributed by atoms with Gasteiger partial charge in [-0.05, 0) is 32.0 Å². The van der Waals surface area contributed by atoms with E-state index in [4.69, 9.17) is 4.74 Å². The Labute approximate surface area is 108 Å². The first-order chi connectivity index (χ1) is 8.55. The molecule has 0 amide bonds. The number of nitrogens with zero attached hydrogens (tertiary/aromatic N) is 1. The van der Waals surface area contributed by atoms with Gasteiger partial charge in [0, 0.05) is 31.9 Å². The van der Waals surface area contributed by atoms with Crippen LogP contribution in [0.25, 0.3) is 0 Å². The van der Waals surface area contributed by atoms with Crippen LogP contribution in [-0.4, -0.2) is 43.3 Å². The molecule has 0 saturated carbocycles. The summed E-state index contributed by atoms with van der Waals surface area (Å²) in [6.07, 6.45) is 0. The molecule has 0 radical (unpaired) electrons. The molecule has 0 spiro atoms. The molecule has 100 valence electrons. The summed E-state index contributed by atoms with van der Waals surface area (Å²) in [5, 5.41) is 3.24. The SMILES string of the molecule is CC1(C)CN(CCNc2cccc(F)c2)CCO1. The van der Waals surface area contributed by atoms with Gasteiger partial charge in [0.05, 0.1) is 12.2 Å². The van der Waals surface area contributed by atoms with Crippen LogP contribution in [0.15, 0.2) is 24.3 Å². The molecule has 1 fully saturated rings. The van der Waals surface area contributed by atoms with E-state index in [-0.39, 0.29) is 11.4 Å². The van der Waals surface area contributed by atoms with Crippen LogP contribution in [-0.2, 0) is 4.74 Å². The Morgan fingerprint density at radius 3 is 3.00 bits per heavy atom. The smallest absolute Gasteiger partial charge is 0.125 e. The molecule has 0 unspecified atom stereocenters. The standard InChI is InChI=1S/C14H21FN2O/c1-14(2)11-17(8-9-18-14)7-6-16-13-5-3-4-12(15)10-13/h3-5,10,16H,6-9,11H2,1-2H3. The fourth-order valence-electron chi connectivity index (χ4n) is 2.26. The van der Waals surface area contributed by atoms with Crippen LogP contribution in [0.2, 0.25) is 0 Å². The predicted molar refractivity (Wildman–Crippen MR) is 71.4 cm³/mol. The molecule has 0 aromatic heterocycles. The maximum atomic E-state index is 13.0. The van der Waals surface area contributed by atoms with E-state index in [1.807, 2.05) is 6.07 Å². The first-order valence-corrected chi connectivity index (χ1v) is 6.41. The van der Waals surface area contributed by atoms with Crippen molar-refractivity contribution < 1.29 is 9.13 Å². The van der Waals surface area contributed by atoms with Crippen molar-refractivity contribution in [2.45, 2.75) is 19.4 Å². The molecular formula is C14H21FN2O. The van der Waals surface area contributed by atoms with E-state index in [1.165, 1.54) is 12.1 Å². The Bertz CT molecular complexity index is 395. The minimum absolute atomic E-state index is 0.0584. The topological polar surface area (TPSA) is 24.5 Å². The molecule has 1 aromatic rings. The summed E-state index contributed by atoms with van der Waals surface area (Å²) in [4.78, 5) is 2.37. The second-order valence-electron chi connectivity index (χ2n) is 5.32. The van der Waals surface area contributed by atoms with Crippen LogP contribution >= 0.6 is 0 Å².